The molecule has 1 aliphatic carbocycles. The number of carbonyl (C=O) groups is 3. The number of benzene rings is 1. The first kappa shape index (κ1) is 25.7. The van der Waals surface area contributed by atoms with Crippen molar-refractivity contribution in [2.24, 2.45) is 5.92 Å². The number of rotatable bonds is 7. The Morgan fingerprint density at radius 3 is 2.46 bits per heavy atom. The van der Waals surface area contributed by atoms with Crippen LogP contribution in [-0.4, -0.2) is 87.2 Å². The first-order valence-corrected chi connectivity index (χ1v) is 15.5. The van der Waals surface area contributed by atoms with E-state index in [0.29, 0.717) is 6.42 Å². The largest absolute Gasteiger partial charge is 0.467 e. The third-order valence-corrected chi connectivity index (χ3v) is 8.12. The number of esters is 1. The van der Waals surface area contributed by atoms with Crippen LogP contribution in [0.2, 0.25) is 19.6 Å². The van der Waals surface area contributed by atoms with Gasteiger partial charge in [-0.05, 0) is 31.6 Å². The molecule has 6 atom stereocenters. The number of epoxide rings is 1. The molecule has 0 unspecified atom stereocenters. The van der Waals surface area contributed by atoms with E-state index in [-0.39, 0.29) is 43.5 Å². The van der Waals surface area contributed by atoms with Crippen LogP contribution in [0, 0.1) is 5.92 Å². The molecule has 2 heterocycles. The van der Waals surface area contributed by atoms with E-state index in [1.54, 1.807) is 19.0 Å². The maximum atomic E-state index is 13.5. The van der Waals surface area contributed by atoms with Crippen molar-refractivity contribution in [3.05, 3.63) is 35.9 Å². The molecule has 3 aliphatic rings. The van der Waals surface area contributed by atoms with Crippen molar-refractivity contribution in [1.82, 2.24) is 9.80 Å². The molecule has 192 valence electrons. The first-order chi connectivity index (χ1) is 16.5. The smallest absolute Gasteiger partial charge is 0.411 e. The molecule has 2 aliphatic heterocycles. The average molecular weight is 505 g/mol. The van der Waals surface area contributed by atoms with Gasteiger partial charge in [0, 0.05) is 32.9 Å². The summed E-state index contributed by atoms with van der Waals surface area (Å²) in [7, 11) is 2.57. The molecule has 4 rings (SSSR count). The molecule has 10 heteroatoms. The van der Waals surface area contributed by atoms with Gasteiger partial charge in [0.05, 0.1) is 31.0 Å². The fourth-order valence-electron chi connectivity index (χ4n) is 5.70. The van der Waals surface area contributed by atoms with E-state index < -0.39 is 38.1 Å². The monoisotopic (exact) mass is 504 g/mol. The lowest BCUT2D eigenvalue weighted by Gasteiger charge is -2.48. The molecule has 35 heavy (non-hydrogen) atoms. The van der Waals surface area contributed by atoms with E-state index in [4.69, 9.17) is 18.6 Å². The van der Waals surface area contributed by atoms with Gasteiger partial charge >= 0.3 is 12.1 Å². The lowest BCUT2D eigenvalue weighted by Crippen LogP contribution is -2.61. The average Bonchev–Trinajstić information content (AvgIpc) is 3.50. The highest BCUT2D eigenvalue weighted by Crippen LogP contribution is 2.57. The van der Waals surface area contributed by atoms with Crippen molar-refractivity contribution >= 4 is 26.3 Å². The van der Waals surface area contributed by atoms with Crippen molar-refractivity contribution in [2.45, 2.75) is 75.4 Å². The van der Waals surface area contributed by atoms with Crippen LogP contribution < -0.4 is 0 Å². The molecular weight excluding hydrogens is 468 g/mol. The Kier molecular flexibility index (Phi) is 7.00. The molecular formula is C25H36N2O7Si. The number of hydrogen-bond donors (Lipinski definition) is 0. The van der Waals surface area contributed by atoms with Gasteiger partial charge in [-0.3, -0.25) is 9.69 Å². The van der Waals surface area contributed by atoms with Crippen molar-refractivity contribution in [2.75, 3.05) is 21.2 Å². The summed E-state index contributed by atoms with van der Waals surface area (Å²) < 4.78 is 23.7. The van der Waals surface area contributed by atoms with E-state index in [9.17, 15) is 14.4 Å². The van der Waals surface area contributed by atoms with Crippen LogP contribution in [0.4, 0.5) is 4.79 Å². The molecule has 0 radical (unpaired) electrons. The van der Waals surface area contributed by atoms with E-state index in [1.165, 1.54) is 12.0 Å². The van der Waals surface area contributed by atoms with Gasteiger partial charge in [0.2, 0.25) is 5.91 Å². The molecule has 3 fully saturated rings. The Labute approximate surface area is 207 Å². The Morgan fingerprint density at radius 1 is 1.17 bits per heavy atom. The number of likely N-dealkylation sites (tertiary alicyclic amines) is 1. The number of ether oxygens (including phenoxy) is 3. The maximum Gasteiger partial charge on any atom is 0.411 e. The number of carbonyl (C=O) groups excluding carboxylic acids is 3. The molecule has 0 N–H and O–H groups in total. The Balaban J connectivity index is 1.70. The fraction of sp³-hybridized carbons (Fsp3) is 0.640. The molecule has 1 aromatic rings. The van der Waals surface area contributed by atoms with Gasteiger partial charge in [0.15, 0.2) is 8.32 Å². The predicted octanol–water partition coefficient (Wildman–Crippen LogP) is 2.80. The lowest BCUT2D eigenvalue weighted by atomic mass is 9.70. The summed E-state index contributed by atoms with van der Waals surface area (Å²) in [6, 6.07) is 8.07. The summed E-state index contributed by atoms with van der Waals surface area (Å²) >= 11 is 0. The van der Waals surface area contributed by atoms with Gasteiger partial charge in [-0.15, -0.1) is 0 Å². The van der Waals surface area contributed by atoms with Gasteiger partial charge in [0.1, 0.15) is 12.6 Å². The molecule has 0 spiro atoms. The summed E-state index contributed by atoms with van der Waals surface area (Å²) in [6.07, 6.45) is 0.176. The van der Waals surface area contributed by atoms with Gasteiger partial charge in [-0.25, -0.2) is 9.59 Å². The zero-order valence-electron chi connectivity index (χ0n) is 21.4. The SMILES string of the molecule is COC(=O)[C@@H]1C[C@@]2(O[Si](C)(C)C)[C@H](CC(=O)N(C)C)[C@@H]3O[C@@H]3C[C@H]2N1C(=O)OCc1ccccc1. The number of nitrogens with zero attached hydrogens (tertiary/aromatic N) is 2. The second-order valence-corrected chi connectivity index (χ2v) is 15.3. The summed E-state index contributed by atoms with van der Waals surface area (Å²) in [4.78, 5) is 42.4. The predicted molar refractivity (Wildman–Crippen MR) is 130 cm³/mol. The zero-order chi connectivity index (χ0) is 25.5. The standard InChI is InChI=1S/C25H36N2O7Si/c1-26(2)21(28)12-17-22-19(33-22)13-20-25(17,34-35(4,5)6)14-18(23(29)31-3)27(20)24(30)32-15-16-10-8-7-9-11-16/h7-11,17-20,22H,12-15H2,1-6H3/t17-,18+,19-,20-,22+,25-/m1/s1. The van der Waals surface area contributed by atoms with Crippen LogP contribution in [-0.2, 0) is 34.8 Å². The molecule has 2 amide bonds. The Hall–Kier alpha value is -2.43. The number of amides is 2. The lowest BCUT2D eigenvalue weighted by molar-refractivity contribution is -0.145. The van der Waals surface area contributed by atoms with Crippen LogP contribution in [0.1, 0.15) is 24.8 Å². The quantitative estimate of drug-likeness (QED) is 0.320. The van der Waals surface area contributed by atoms with Crippen LogP contribution in [0.5, 0.6) is 0 Å². The van der Waals surface area contributed by atoms with Crippen LogP contribution in [0.3, 0.4) is 0 Å². The van der Waals surface area contributed by atoms with Crippen LogP contribution in [0.15, 0.2) is 30.3 Å². The highest BCUT2D eigenvalue weighted by atomic mass is 28.4. The minimum atomic E-state index is -2.19. The summed E-state index contributed by atoms with van der Waals surface area (Å²) in [5.41, 5.74) is -0.0544. The number of hydrogen-bond acceptors (Lipinski definition) is 7. The Bertz CT molecular complexity index is 966. The second-order valence-electron chi connectivity index (χ2n) is 10.8. The third-order valence-electron chi connectivity index (χ3n) is 7.13. The topological polar surface area (TPSA) is 97.9 Å². The molecule has 2 saturated heterocycles. The van der Waals surface area contributed by atoms with Crippen molar-refractivity contribution in [1.29, 1.82) is 0 Å². The molecule has 1 saturated carbocycles. The van der Waals surface area contributed by atoms with Crippen LogP contribution in [0.25, 0.3) is 0 Å². The number of methoxy groups -OCH3 is 1. The summed E-state index contributed by atoms with van der Waals surface area (Å²) in [5.74, 6) is -0.836. The van der Waals surface area contributed by atoms with E-state index in [1.807, 2.05) is 30.3 Å². The van der Waals surface area contributed by atoms with Gasteiger partial charge < -0.3 is 23.5 Å². The third kappa shape index (κ3) is 5.10. The normalized spacial score (nSPS) is 31.3. The summed E-state index contributed by atoms with van der Waals surface area (Å²) in [5, 5.41) is 0. The molecule has 0 aromatic heterocycles. The van der Waals surface area contributed by atoms with E-state index in [0.717, 1.165) is 5.56 Å². The van der Waals surface area contributed by atoms with Crippen molar-refractivity contribution in [3.63, 3.8) is 0 Å². The van der Waals surface area contributed by atoms with Gasteiger partial charge in [0.25, 0.3) is 0 Å². The second kappa shape index (κ2) is 9.55. The minimum Gasteiger partial charge on any atom is -0.467 e. The minimum absolute atomic E-state index is 0.0387. The van der Waals surface area contributed by atoms with E-state index in [2.05, 4.69) is 19.6 Å². The molecule has 9 nitrogen and oxygen atoms in total. The van der Waals surface area contributed by atoms with Crippen LogP contribution >= 0.6 is 0 Å². The van der Waals surface area contributed by atoms with E-state index >= 15 is 0 Å². The first-order valence-electron chi connectivity index (χ1n) is 12.1. The Morgan fingerprint density at radius 2 is 1.86 bits per heavy atom. The molecule has 1 aromatic carbocycles. The van der Waals surface area contributed by atoms with Crippen molar-refractivity contribution in [3.8, 4) is 0 Å². The maximum absolute atomic E-state index is 13.5. The summed E-state index contributed by atoms with van der Waals surface area (Å²) in [6.45, 7) is 6.32. The number of fused-ring (bicyclic) bond motifs is 2. The highest BCUT2D eigenvalue weighted by Gasteiger charge is 2.71. The van der Waals surface area contributed by atoms with Gasteiger partial charge in [-0.2, -0.15) is 0 Å². The van der Waals surface area contributed by atoms with Gasteiger partial charge in [-0.1, -0.05) is 30.3 Å². The molecule has 0 bridgehead atoms. The highest BCUT2D eigenvalue weighted by molar-refractivity contribution is 6.69. The zero-order valence-corrected chi connectivity index (χ0v) is 22.4. The fourth-order valence-corrected chi connectivity index (χ4v) is 7.21. The van der Waals surface area contributed by atoms with Crippen molar-refractivity contribution < 1.29 is 33.0 Å².